The van der Waals surface area contributed by atoms with Gasteiger partial charge < -0.3 is 24.5 Å². The number of amides is 2. The third-order valence-electron chi connectivity index (χ3n) is 6.27. The molecule has 2 aliphatic rings. The molecular weight excluding hydrogens is 465 g/mol. The van der Waals surface area contributed by atoms with E-state index in [2.05, 4.69) is 4.90 Å². The second-order valence-electron chi connectivity index (χ2n) is 8.78. The number of halogens is 2. The van der Waals surface area contributed by atoms with Gasteiger partial charge >= 0.3 is 0 Å². The lowest BCUT2D eigenvalue weighted by molar-refractivity contribution is -0.131. The molecule has 0 spiro atoms. The average Bonchev–Trinajstić information content (AvgIpc) is 2.97. The number of rotatable bonds is 8. The molecule has 0 bridgehead atoms. The van der Waals surface area contributed by atoms with Gasteiger partial charge in [0.05, 0.1) is 16.1 Å². The number of likely N-dealkylation sites (tertiary alicyclic amines) is 1. The Morgan fingerprint density at radius 3 is 2.61 bits per heavy atom. The molecule has 182 valence electrons. The predicted octanol–water partition coefficient (Wildman–Crippen LogP) is 2.79. The minimum atomic E-state index is -0.607. The molecule has 3 rings (SSSR count). The van der Waals surface area contributed by atoms with Gasteiger partial charge in [0.2, 0.25) is 11.8 Å². The van der Waals surface area contributed by atoms with E-state index in [0.29, 0.717) is 42.1 Å². The maximum absolute atomic E-state index is 12.6. The third kappa shape index (κ3) is 7.97. The van der Waals surface area contributed by atoms with Crippen LogP contribution >= 0.6 is 23.2 Å². The van der Waals surface area contributed by atoms with E-state index in [4.69, 9.17) is 27.9 Å². The monoisotopic (exact) mass is 497 g/mol. The fraction of sp³-hybridized carbons (Fsp3) is 0.583. The topological polar surface area (TPSA) is 73.3 Å². The first-order valence-corrected chi connectivity index (χ1v) is 12.2. The molecule has 1 unspecified atom stereocenters. The van der Waals surface area contributed by atoms with Gasteiger partial charge in [-0.3, -0.25) is 9.59 Å². The summed E-state index contributed by atoms with van der Waals surface area (Å²) in [6.45, 7) is 4.72. The summed E-state index contributed by atoms with van der Waals surface area (Å²) < 4.78 is 5.24. The van der Waals surface area contributed by atoms with Crippen LogP contribution in [-0.2, 0) is 14.3 Å². The number of piperidine rings is 1. The van der Waals surface area contributed by atoms with Crippen molar-refractivity contribution in [1.29, 1.82) is 0 Å². The van der Waals surface area contributed by atoms with Gasteiger partial charge in [0.1, 0.15) is 0 Å². The quantitative estimate of drug-likeness (QED) is 0.559. The van der Waals surface area contributed by atoms with Gasteiger partial charge in [0, 0.05) is 58.9 Å². The van der Waals surface area contributed by atoms with Crippen molar-refractivity contribution in [3.63, 3.8) is 0 Å². The van der Waals surface area contributed by atoms with Crippen molar-refractivity contribution in [2.45, 2.75) is 25.4 Å². The number of hydrogen-bond acceptors (Lipinski definition) is 5. The molecule has 0 saturated carbocycles. The van der Waals surface area contributed by atoms with Crippen LogP contribution in [0, 0.1) is 5.92 Å². The summed E-state index contributed by atoms with van der Waals surface area (Å²) in [6.07, 6.45) is 4.95. The van der Waals surface area contributed by atoms with E-state index in [1.165, 1.54) is 6.08 Å². The Hall–Kier alpha value is -1.64. The lowest BCUT2D eigenvalue weighted by Crippen LogP contribution is -2.45. The van der Waals surface area contributed by atoms with Crippen LogP contribution in [0.3, 0.4) is 0 Å². The van der Waals surface area contributed by atoms with Crippen LogP contribution < -0.4 is 0 Å². The summed E-state index contributed by atoms with van der Waals surface area (Å²) >= 11 is 11.9. The average molecular weight is 498 g/mol. The number of benzene rings is 1. The number of aliphatic hydroxyl groups excluding tert-OH is 1. The number of ether oxygens (including phenoxy) is 1. The number of methoxy groups -OCH3 is 1. The molecule has 1 aromatic rings. The van der Waals surface area contributed by atoms with Crippen LogP contribution in [0.25, 0.3) is 6.08 Å². The fourth-order valence-electron chi connectivity index (χ4n) is 4.35. The van der Waals surface area contributed by atoms with E-state index in [-0.39, 0.29) is 24.8 Å². The Kier molecular flexibility index (Phi) is 10.0. The predicted molar refractivity (Wildman–Crippen MR) is 130 cm³/mol. The van der Waals surface area contributed by atoms with E-state index in [1.54, 1.807) is 41.2 Å². The largest absolute Gasteiger partial charge is 0.390 e. The minimum absolute atomic E-state index is 0.0309. The van der Waals surface area contributed by atoms with Gasteiger partial charge in [-0.1, -0.05) is 29.3 Å². The van der Waals surface area contributed by atoms with Gasteiger partial charge in [0.25, 0.3) is 0 Å². The van der Waals surface area contributed by atoms with E-state index < -0.39 is 6.10 Å². The highest BCUT2D eigenvalue weighted by molar-refractivity contribution is 6.42. The highest BCUT2D eigenvalue weighted by atomic mass is 35.5. The molecule has 0 aliphatic carbocycles. The summed E-state index contributed by atoms with van der Waals surface area (Å²) in [7, 11) is 1.73. The molecule has 7 nitrogen and oxygen atoms in total. The van der Waals surface area contributed by atoms with E-state index >= 15 is 0 Å². The van der Waals surface area contributed by atoms with Crippen LogP contribution in [0.2, 0.25) is 10.0 Å². The van der Waals surface area contributed by atoms with Crippen LogP contribution in [0.1, 0.15) is 24.8 Å². The van der Waals surface area contributed by atoms with Crippen molar-refractivity contribution in [2.75, 3.05) is 59.5 Å². The van der Waals surface area contributed by atoms with Crippen LogP contribution in [-0.4, -0.2) is 97.3 Å². The number of β-amino-alcohol motifs (C(OH)–C–C–N with tert-alkyl or cyclic N) is 1. The van der Waals surface area contributed by atoms with E-state index in [1.807, 2.05) is 0 Å². The molecule has 2 fully saturated rings. The number of carbonyl (C=O) groups is 2. The lowest BCUT2D eigenvalue weighted by atomic mass is 9.97. The summed E-state index contributed by atoms with van der Waals surface area (Å²) in [5, 5.41) is 11.5. The van der Waals surface area contributed by atoms with Crippen molar-refractivity contribution < 1.29 is 19.4 Å². The van der Waals surface area contributed by atoms with E-state index in [9.17, 15) is 14.7 Å². The molecule has 2 aliphatic heterocycles. The van der Waals surface area contributed by atoms with Gasteiger partial charge in [-0.25, -0.2) is 0 Å². The molecule has 1 aromatic carbocycles. The molecule has 1 N–H and O–H groups in total. The van der Waals surface area contributed by atoms with Crippen LogP contribution in [0.5, 0.6) is 0 Å². The van der Waals surface area contributed by atoms with Gasteiger partial charge in [-0.2, -0.15) is 0 Å². The summed E-state index contributed by atoms with van der Waals surface area (Å²) in [4.78, 5) is 30.8. The first-order chi connectivity index (χ1) is 15.9. The van der Waals surface area contributed by atoms with Crippen LogP contribution in [0.15, 0.2) is 24.3 Å². The van der Waals surface area contributed by atoms with Gasteiger partial charge in [-0.15, -0.1) is 0 Å². The first kappa shape index (κ1) is 26.0. The minimum Gasteiger partial charge on any atom is -0.390 e. The molecule has 0 aromatic heterocycles. The SMILES string of the molecule is COCC1CCN(CC(O)CN2CCN(C(=O)/C=C/c3ccc(Cl)c(Cl)c3)CCC2=O)CC1. The van der Waals surface area contributed by atoms with Gasteiger partial charge in [0.15, 0.2) is 0 Å². The van der Waals surface area contributed by atoms with Crippen molar-refractivity contribution in [2.24, 2.45) is 5.92 Å². The molecular formula is C24H33Cl2N3O4. The maximum Gasteiger partial charge on any atom is 0.246 e. The first-order valence-electron chi connectivity index (χ1n) is 11.4. The van der Waals surface area contributed by atoms with Crippen LogP contribution in [0.4, 0.5) is 0 Å². The third-order valence-corrected chi connectivity index (χ3v) is 7.01. The second kappa shape index (κ2) is 12.7. The highest BCUT2D eigenvalue weighted by Gasteiger charge is 2.26. The van der Waals surface area contributed by atoms with Crippen molar-refractivity contribution in [3.05, 3.63) is 39.9 Å². The summed E-state index contributed by atoms with van der Waals surface area (Å²) in [6, 6.07) is 5.17. The van der Waals surface area contributed by atoms with Crippen molar-refractivity contribution >= 4 is 41.1 Å². The Morgan fingerprint density at radius 2 is 1.91 bits per heavy atom. The summed E-state index contributed by atoms with van der Waals surface area (Å²) in [5.74, 6) is 0.400. The number of aliphatic hydroxyl groups is 1. The lowest BCUT2D eigenvalue weighted by Gasteiger charge is -2.34. The zero-order chi connectivity index (χ0) is 23.8. The number of nitrogens with zero attached hydrogens (tertiary/aromatic N) is 3. The Morgan fingerprint density at radius 1 is 1.15 bits per heavy atom. The van der Waals surface area contributed by atoms with Crippen molar-refractivity contribution in [1.82, 2.24) is 14.7 Å². The molecule has 2 saturated heterocycles. The second-order valence-corrected chi connectivity index (χ2v) is 9.59. The van der Waals surface area contributed by atoms with E-state index in [0.717, 1.165) is 38.1 Å². The Balaban J connectivity index is 1.46. The molecule has 33 heavy (non-hydrogen) atoms. The Bertz CT molecular complexity index is 843. The normalized spacial score (nSPS) is 19.8. The molecule has 2 heterocycles. The van der Waals surface area contributed by atoms with Crippen molar-refractivity contribution in [3.8, 4) is 0 Å². The zero-order valence-electron chi connectivity index (χ0n) is 19.1. The smallest absolute Gasteiger partial charge is 0.246 e. The maximum atomic E-state index is 12.6. The van der Waals surface area contributed by atoms with Gasteiger partial charge in [-0.05, 0) is 55.6 Å². The summed E-state index contributed by atoms with van der Waals surface area (Å²) in [5.41, 5.74) is 0.777. The zero-order valence-corrected chi connectivity index (χ0v) is 20.6. The number of carbonyl (C=O) groups excluding carboxylic acids is 2. The Labute approximate surface area is 205 Å². The molecule has 9 heteroatoms. The molecule has 2 amide bonds. The number of hydrogen-bond donors (Lipinski definition) is 1. The fourth-order valence-corrected chi connectivity index (χ4v) is 4.66. The standard InChI is InChI=1S/C24H33Cl2N3O4/c1-33-17-19-6-9-27(10-7-19)15-20(30)16-29-13-12-28(11-8-24(29)32)23(31)5-3-18-2-4-21(25)22(26)14-18/h2-5,14,19-20,30H,6-13,15-17H2,1H3/b5-3+. The molecule has 1 atom stereocenters. The molecule has 0 radical (unpaired) electrons. The highest BCUT2D eigenvalue weighted by Crippen LogP contribution is 2.23.